The van der Waals surface area contributed by atoms with Crippen molar-refractivity contribution < 1.29 is 18.0 Å². The molecule has 2 aliphatic carbocycles. The predicted molar refractivity (Wildman–Crippen MR) is 131 cm³/mol. The summed E-state index contributed by atoms with van der Waals surface area (Å²) in [6, 6.07) is 5.51. The zero-order chi connectivity index (χ0) is 24.0. The molecular weight excluding hydrogens is 450 g/mol. The second-order valence-electron chi connectivity index (χ2n) is 10.9. The molecule has 5 rings (SSSR count). The molecule has 3 unspecified atom stereocenters. The Morgan fingerprint density at radius 3 is 2.32 bits per heavy atom. The number of anilines is 1. The normalized spacial score (nSPS) is 28.5. The molecule has 186 valence electrons. The van der Waals surface area contributed by atoms with E-state index in [0.717, 1.165) is 43.4 Å². The maximum Gasteiger partial charge on any atom is 0.243 e. The molecule has 1 aromatic carbocycles. The molecule has 2 amide bonds. The van der Waals surface area contributed by atoms with Crippen molar-refractivity contribution in [1.29, 1.82) is 0 Å². The van der Waals surface area contributed by atoms with Crippen LogP contribution in [0.15, 0.2) is 23.1 Å². The lowest BCUT2D eigenvalue weighted by molar-refractivity contribution is -0.127. The van der Waals surface area contributed by atoms with Gasteiger partial charge in [0.2, 0.25) is 21.8 Å². The third-order valence-corrected chi connectivity index (χ3v) is 10.2. The first-order valence-electron chi connectivity index (χ1n) is 13.0. The monoisotopic (exact) mass is 487 g/mol. The van der Waals surface area contributed by atoms with Crippen LogP contribution in [0.5, 0.6) is 0 Å². The van der Waals surface area contributed by atoms with E-state index in [1.807, 2.05) is 11.8 Å². The highest BCUT2D eigenvalue weighted by Gasteiger charge is 2.40. The quantitative estimate of drug-likeness (QED) is 0.689. The molecule has 1 saturated heterocycles. The van der Waals surface area contributed by atoms with Gasteiger partial charge in [-0.1, -0.05) is 19.8 Å². The summed E-state index contributed by atoms with van der Waals surface area (Å²) in [6.45, 7) is 4.96. The minimum Gasteiger partial charge on any atom is -0.353 e. The van der Waals surface area contributed by atoms with Gasteiger partial charge in [0.25, 0.3) is 0 Å². The number of rotatable bonds is 5. The molecule has 1 N–H and O–H groups in total. The van der Waals surface area contributed by atoms with Crippen molar-refractivity contribution in [2.75, 3.05) is 18.0 Å². The van der Waals surface area contributed by atoms with Gasteiger partial charge in [0.15, 0.2) is 0 Å². The van der Waals surface area contributed by atoms with E-state index in [4.69, 9.17) is 0 Å². The van der Waals surface area contributed by atoms with Gasteiger partial charge >= 0.3 is 0 Å². The number of piperidine rings is 1. The van der Waals surface area contributed by atoms with E-state index in [-0.39, 0.29) is 40.6 Å². The maximum absolute atomic E-state index is 13.4. The number of carbonyl (C=O) groups excluding carboxylic acids is 2. The van der Waals surface area contributed by atoms with Crippen LogP contribution >= 0.6 is 0 Å². The fraction of sp³-hybridized carbons (Fsp3) is 0.692. The number of benzene rings is 1. The molecule has 3 fully saturated rings. The predicted octanol–water partition coefficient (Wildman–Crippen LogP) is 3.47. The highest BCUT2D eigenvalue weighted by molar-refractivity contribution is 7.89. The third kappa shape index (κ3) is 4.51. The van der Waals surface area contributed by atoms with Crippen molar-refractivity contribution in [2.45, 2.75) is 88.6 Å². The van der Waals surface area contributed by atoms with Crippen LogP contribution in [-0.4, -0.2) is 49.7 Å². The summed E-state index contributed by atoms with van der Waals surface area (Å²) in [5.41, 5.74) is 1.79. The van der Waals surface area contributed by atoms with Crippen LogP contribution in [0.4, 0.5) is 5.69 Å². The van der Waals surface area contributed by atoms with Gasteiger partial charge in [0, 0.05) is 42.7 Å². The summed E-state index contributed by atoms with van der Waals surface area (Å²) in [7, 11) is -3.63. The first kappa shape index (κ1) is 23.8. The third-order valence-electron chi connectivity index (χ3n) is 8.33. The highest BCUT2D eigenvalue weighted by atomic mass is 32.2. The number of carbonyl (C=O) groups is 2. The highest BCUT2D eigenvalue weighted by Crippen LogP contribution is 2.40. The summed E-state index contributed by atoms with van der Waals surface area (Å²) < 4.78 is 28.3. The molecule has 0 aromatic heterocycles. The minimum atomic E-state index is -3.63. The van der Waals surface area contributed by atoms with Crippen molar-refractivity contribution in [3.8, 4) is 0 Å². The summed E-state index contributed by atoms with van der Waals surface area (Å²) in [6.07, 6.45) is 8.30. The van der Waals surface area contributed by atoms with Gasteiger partial charge in [-0.25, -0.2) is 8.42 Å². The van der Waals surface area contributed by atoms with Crippen LogP contribution < -0.4 is 10.2 Å². The summed E-state index contributed by atoms with van der Waals surface area (Å²) >= 11 is 0. The molecule has 2 heterocycles. The minimum absolute atomic E-state index is 0.0576. The van der Waals surface area contributed by atoms with Crippen molar-refractivity contribution in [3.05, 3.63) is 23.8 Å². The standard InChI is InChI=1S/C26H37N3O4S/c1-17-5-3-4-6-23(17)27-25(30)19-11-13-28(14-12-19)34(32,33)22-9-10-24-21(16-22)15-18(2)29(24)26(31)20-7-8-20/h9-10,16-20,23H,3-8,11-15H2,1-2H3,(H,27,30). The molecule has 2 saturated carbocycles. The smallest absolute Gasteiger partial charge is 0.243 e. The number of fused-ring (bicyclic) bond motifs is 1. The van der Waals surface area contributed by atoms with Crippen LogP contribution in [0.2, 0.25) is 0 Å². The average molecular weight is 488 g/mol. The van der Waals surface area contributed by atoms with Crippen molar-refractivity contribution in [2.24, 2.45) is 17.8 Å². The zero-order valence-electron chi connectivity index (χ0n) is 20.3. The number of hydrogen-bond donors (Lipinski definition) is 1. The lowest BCUT2D eigenvalue weighted by Crippen LogP contribution is -2.47. The first-order valence-corrected chi connectivity index (χ1v) is 14.5. The number of nitrogens with zero attached hydrogens (tertiary/aromatic N) is 2. The zero-order valence-corrected chi connectivity index (χ0v) is 21.1. The summed E-state index contributed by atoms with van der Waals surface area (Å²) in [5.74, 6) is 0.781. The van der Waals surface area contributed by atoms with Crippen molar-refractivity contribution in [1.82, 2.24) is 9.62 Å². The Balaban J connectivity index is 1.23. The Kier molecular flexibility index (Phi) is 6.48. The fourth-order valence-electron chi connectivity index (χ4n) is 5.97. The lowest BCUT2D eigenvalue weighted by Gasteiger charge is -2.34. The fourth-order valence-corrected chi connectivity index (χ4v) is 7.49. The Hall–Kier alpha value is -1.93. The van der Waals surface area contributed by atoms with Crippen LogP contribution in [0, 0.1) is 17.8 Å². The topological polar surface area (TPSA) is 86.8 Å². The first-order chi connectivity index (χ1) is 16.3. The van der Waals surface area contributed by atoms with Crippen molar-refractivity contribution >= 4 is 27.5 Å². The van der Waals surface area contributed by atoms with E-state index in [9.17, 15) is 18.0 Å². The van der Waals surface area contributed by atoms with Crippen LogP contribution in [0.3, 0.4) is 0 Å². The Labute approximate surface area is 203 Å². The van der Waals surface area contributed by atoms with Crippen LogP contribution in [-0.2, 0) is 26.0 Å². The molecule has 4 aliphatic rings. The number of nitrogens with one attached hydrogen (secondary N) is 1. The SMILES string of the molecule is CC1CCCCC1NC(=O)C1CCN(S(=O)(=O)c2ccc3c(c2)CC(C)N3C(=O)C2CC2)CC1. The van der Waals surface area contributed by atoms with Gasteiger partial charge in [-0.15, -0.1) is 0 Å². The van der Waals surface area contributed by atoms with Crippen molar-refractivity contribution in [3.63, 3.8) is 0 Å². The average Bonchev–Trinajstić information content (AvgIpc) is 3.62. The van der Waals surface area contributed by atoms with Crippen LogP contribution in [0.25, 0.3) is 0 Å². The van der Waals surface area contributed by atoms with Gasteiger partial charge in [0.1, 0.15) is 0 Å². The summed E-state index contributed by atoms with van der Waals surface area (Å²) in [5, 5.41) is 3.24. The van der Waals surface area contributed by atoms with Gasteiger partial charge in [-0.2, -0.15) is 4.31 Å². The van der Waals surface area contributed by atoms with Gasteiger partial charge in [-0.3, -0.25) is 9.59 Å². The number of sulfonamides is 1. The molecule has 3 atom stereocenters. The van der Waals surface area contributed by atoms with Gasteiger partial charge < -0.3 is 10.2 Å². The van der Waals surface area contributed by atoms with Crippen LogP contribution in [0.1, 0.15) is 70.8 Å². The Morgan fingerprint density at radius 2 is 1.65 bits per heavy atom. The molecule has 0 spiro atoms. The summed E-state index contributed by atoms with van der Waals surface area (Å²) in [4.78, 5) is 27.7. The number of hydrogen-bond acceptors (Lipinski definition) is 4. The maximum atomic E-state index is 13.4. The molecule has 8 heteroatoms. The number of amides is 2. The molecule has 0 bridgehead atoms. The van der Waals surface area contributed by atoms with Gasteiger partial charge in [0.05, 0.1) is 4.90 Å². The lowest BCUT2D eigenvalue weighted by atomic mass is 9.85. The molecule has 7 nitrogen and oxygen atoms in total. The second kappa shape index (κ2) is 9.26. The molecule has 0 radical (unpaired) electrons. The second-order valence-corrected chi connectivity index (χ2v) is 12.8. The van der Waals surface area contributed by atoms with E-state index >= 15 is 0 Å². The largest absolute Gasteiger partial charge is 0.353 e. The Morgan fingerprint density at radius 1 is 0.941 bits per heavy atom. The van der Waals surface area contributed by atoms with E-state index in [1.54, 1.807) is 18.2 Å². The Bertz CT molecular complexity index is 1060. The molecule has 1 aromatic rings. The van der Waals surface area contributed by atoms with E-state index in [0.29, 0.717) is 38.3 Å². The van der Waals surface area contributed by atoms with E-state index < -0.39 is 10.0 Å². The van der Waals surface area contributed by atoms with E-state index in [2.05, 4.69) is 12.2 Å². The molecule has 2 aliphatic heterocycles. The van der Waals surface area contributed by atoms with E-state index in [1.165, 1.54) is 10.7 Å². The molecular formula is C26H37N3O4S. The molecule has 34 heavy (non-hydrogen) atoms. The van der Waals surface area contributed by atoms with Gasteiger partial charge in [-0.05, 0) is 81.5 Å².